The smallest absolute Gasteiger partial charge is 0.257 e. The van der Waals surface area contributed by atoms with Gasteiger partial charge in [-0.25, -0.2) is 0 Å². The molecule has 2 saturated heterocycles. The number of carbonyl (C=O) groups excluding carboxylic acids is 1. The quantitative estimate of drug-likeness (QED) is 0.772. The zero-order chi connectivity index (χ0) is 17.0. The van der Waals surface area contributed by atoms with E-state index in [1.54, 1.807) is 27.5 Å². The standard InChI is InChI=1S/C17H18N4OS2/c1-10-4-6-12(7-5-10)16-21-14(9-24-16)15(22)20(17(21)23)13-8-18-19(3)11(13)2/h4-8,14,16H,9H2,1-3H3. The fourth-order valence-corrected chi connectivity index (χ4v) is 5.12. The molecule has 0 N–H and O–H groups in total. The van der Waals surface area contributed by atoms with E-state index in [1.165, 1.54) is 11.1 Å². The molecular formula is C17H18N4OS2. The Morgan fingerprint density at radius 1 is 1.25 bits per heavy atom. The fourth-order valence-electron chi connectivity index (χ4n) is 3.21. The molecule has 124 valence electrons. The number of hydrogen-bond acceptors (Lipinski definition) is 4. The van der Waals surface area contributed by atoms with Gasteiger partial charge in [0.25, 0.3) is 5.91 Å². The first-order valence-corrected chi connectivity index (χ1v) is 9.28. The summed E-state index contributed by atoms with van der Waals surface area (Å²) in [6.45, 7) is 4.03. The highest BCUT2D eigenvalue weighted by Crippen LogP contribution is 2.46. The Kier molecular flexibility index (Phi) is 3.65. The highest BCUT2D eigenvalue weighted by Gasteiger charge is 2.51. The Hall–Kier alpha value is -1.86. The van der Waals surface area contributed by atoms with Crippen LogP contribution in [0, 0.1) is 13.8 Å². The second kappa shape index (κ2) is 5.60. The zero-order valence-electron chi connectivity index (χ0n) is 13.8. The molecule has 2 atom stereocenters. The SMILES string of the molecule is Cc1ccc(C2SCC3C(=O)N(c4cnn(C)c4C)C(=S)N32)cc1. The van der Waals surface area contributed by atoms with Gasteiger partial charge in [-0.2, -0.15) is 5.10 Å². The maximum atomic E-state index is 12.9. The highest BCUT2D eigenvalue weighted by atomic mass is 32.2. The van der Waals surface area contributed by atoms with Crippen molar-refractivity contribution in [3.63, 3.8) is 0 Å². The maximum absolute atomic E-state index is 12.9. The van der Waals surface area contributed by atoms with Crippen LogP contribution >= 0.6 is 24.0 Å². The van der Waals surface area contributed by atoms with E-state index in [9.17, 15) is 4.79 Å². The molecular weight excluding hydrogens is 340 g/mol. The predicted molar refractivity (Wildman–Crippen MR) is 100 cm³/mol. The third-order valence-electron chi connectivity index (χ3n) is 4.73. The van der Waals surface area contributed by atoms with Crippen LogP contribution in [0.1, 0.15) is 22.2 Å². The molecule has 2 fully saturated rings. The first-order chi connectivity index (χ1) is 11.5. The molecule has 0 spiro atoms. The van der Waals surface area contributed by atoms with E-state index in [-0.39, 0.29) is 17.3 Å². The third kappa shape index (κ3) is 2.18. The lowest BCUT2D eigenvalue weighted by Crippen LogP contribution is -2.33. The van der Waals surface area contributed by atoms with Gasteiger partial charge in [-0.3, -0.25) is 14.4 Å². The molecule has 4 rings (SSSR count). The van der Waals surface area contributed by atoms with Crippen molar-refractivity contribution < 1.29 is 4.79 Å². The summed E-state index contributed by atoms with van der Waals surface area (Å²) in [7, 11) is 1.87. The van der Waals surface area contributed by atoms with Gasteiger partial charge in [-0.15, -0.1) is 11.8 Å². The minimum atomic E-state index is -0.187. The summed E-state index contributed by atoms with van der Waals surface area (Å²) in [5, 5.41) is 4.92. The van der Waals surface area contributed by atoms with Gasteiger partial charge in [0, 0.05) is 12.8 Å². The van der Waals surface area contributed by atoms with E-state index in [4.69, 9.17) is 12.2 Å². The van der Waals surface area contributed by atoms with Gasteiger partial charge < -0.3 is 4.90 Å². The van der Waals surface area contributed by atoms with E-state index in [2.05, 4.69) is 41.2 Å². The number of rotatable bonds is 2. The number of thioether (sulfide) groups is 1. The van der Waals surface area contributed by atoms with Crippen LogP contribution < -0.4 is 4.90 Å². The Balaban J connectivity index is 1.70. The van der Waals surface area contributed by atoms with Crippen molar-refractivity contribution in [2.24, 2.45) is 7.05 Å². The molecule has 1 amide bonds. The minimum absolute atomic E-state index is 0.0539. The molecule has 24 heavy (non-hydrogen) atoms. The maximum Gasteiger partial charge on any atom is 0.257 e. The largest absolute Gasteiger partial charge is 0.319 e. The first kappa shape index (κ1) is 15.7. The van der Waals surface area contributed by atoms with E-state index in [1.807, 2.05) is 14.0 Å². The summed E-state index contributed by atoms with van der Waals surface area (Å²) in [6, 6.07) is 8.27. The van der Waals surface area contributed by atoms with Gasteiger partial charge in [0.15, 0.2) is 5.11 Å². The molecule has 2 aliphatic rings. The van der Waals surface area contributed by atoms with E-state index in [0.717, 1.165) is 17.1 Å². The van der Waals surface area contributed by atoms with Crippen molar-refractivity contribution in [2.75, 3.05) is 10.7 Å². The number of fused-ring (bicyclic) bond motifs is 1. The van der Waals surface area contributed by atoms with Crippen LogP contribution in [0.25, 0.3) is 0 Å². The van der Waals surface area contributed by atoms with Crippen LogP contribution in [0.5, 0.6) is 0 Å². The van der Waals surface area contributed by atoms with Gasteiger partial charge in [-0.05, 0) is 31.6 Å². The summed E-state index contributed by atoms with van der Waals surface area (Å²) in [4.78, 5) is 16.7. The zero-order valence-corrected chi connectivity index (χ0v) is 15.4. The molecule has 7 heteroatoms. The van der Waals surface area contributed by atoms with E-state index < -0.39 is 0 Å². The average Bonchev–Trinajstić information content (AvgIpc) is 3.20. The van der Waals surface area contributed by atoms with Crippen LogP contribution in [0.15, 0.2) is 30.5 Å². The van der Waals surface area contributed by atoms with Crippen molar-refractivity contribution >= 4 is 40.7 Å². The van der Waals surface area contributed by atoms with Gasteiger partial charge in [0.05, 0.1) is 17.6 Å². The molecule has 2 aliphatic heterocycles. The molecule has 0 aliphatic carbocycles. The van der Waals surface area contributed by atoms with E-state index in [0.29, 0.717) is 5.11 Å². The number of benzene rings is 1. The number of anilines is 1. The van der Waals surface area contributed by atoms with Gasteiger partial charge in [0.1, 0.15) is 11.4 Å². The first-order valence-electron chi connectivity index (χ1n) is 7.82. The highest BCUT2D eigenvalue weighted by molar-refractivity contribution is 7.99. The van der Waals surface area contributed by atoms with Crippen molar-refractivity contribution in [1.29, 1.82) is 0 Å². The van der Waals surface area contributed by atoms with Gasteiger partial charge >= 0.3 is 0 Å². The molecule has 0 bridgehead atoms. The lowest BCUT2D eigenvalue weighted by atomic mass is 10.1. The molecule has 1 aromatic heterocycles. The normalized spacial score (nSPS) is 23.3. The van der Waals surface area contributed by atoms with Gasteiger partial charge in [0.2, 0.25) is 0 Å². The molecule has 1 aromatic carbocycles. The van der Waals surface area contributed by atoms with Crippen molar-refractivity contribution in [2.45, 2.75) is 25.3 Å². The Labute approximate surface area is 150 Å². The number of aryl methyl sites for hydroxylation is 2. The summed E-state index contributed by atoms with van der Waals surface area (Å²) < 4.78 is 1.76. The number of amides is 1. The molecule has 3 heterocycles. The van der Waals surface area contributed by atoms with Crippen LogP contribution in [0.3, 0.4) is 0 Å². The second-order valence-corrected chi connectivity index (χ2v) is 7.69. The van der Waals surface area contributed by atoms with Crippen molar-refractivity contribution in [3.8, 4) is 0 Å². The van der Waals surface area contributed by atoms with Crippen LogP contribution in [-0.2, 0) is 11.8 Å². The average molecular weight is 358 g/mol. The van der Waals surface area contributed by atoms with E-state index >= 15 is 0 Å². The molecule has 0 saturated carbocycles. The topological polar surface area (TPSA) is 41.4 Å². The number of hydrogen-bond donors (Lipinski definition) is 0. The minimum Gasteiger partial charge on any atom is -0.319 e. The second-order valence-electron chi connectivity index (χ2n) is 6.21. The Bertz CT molecular complexity index is 830. The lowest BCUT2D eigenvalue weighted by molar-refractivity contribution is -0.119. The van der Waals surface area contributed by atoms with Gasteiger partial charge in [-0.1, -0.05) is 29.8 Å². The monoisotopic (exact) mass is 358 g/mol. The third-order valence-corrected chi connectivity index (χ3v) is 6.45. The summed E-state index contributed by atoms with van der Waals surface area (Å²) in [5.41, 5.74) is 4.14. The number of thiocarbonyl (C=S) groups is 1. The van der Waals surface area contributed by atoms with Crippen LogP contribution in [0.4, 0.5) is 5.69 Å². The summed E-state index contributed by atoms with van der Waals surface area (Å²) in [6.07, 6.45) is 1.72. The molecule has 2 unspecified atom stereocenters. The Morgan fingerprint density at radius 3 is 2.58 bits per heavy atom. The molecule has 5 nitrogen and oxygen atoms in total. The number of aromatic nitrogens is 2. The summed E-state index contributed by atoms with van der Waals surface area (Å²) >= 11 is 7.47. The molecule has 0 radical (unpaired) electrons. The van der Waals surface area contributed by atoms with Crippen LogP contribution in [0.2, 0.25) is 0 Å². The predicted octanol–water partition coefficient (Wildman–Crippen LogP) is 2.78. The Morgan fingerprint density at radius 2 is 1.96 bits per heavy atom. The fraction of sp³-hybridized carbons (Fsp3) is 0.353. The van der Waals surface area contributed by atoms with Crippen LogP contribution in [-0.4, -0.2) is 37.5 Å². The number of nitrogens with zero attached hydrogens (tertiary/aromatic N) is 4. The molecule has 2 aromatic rings. The lowest BCUT2D eigenvalue weighted by Gasteiger charge is -2.25. The van der Waals surface area contributed by atoms with Crippen molar-refractivity contribution in [3.05, 3.63) is 47.3 Å². The van der Waals surface area contributed by atoms with Crippen molar-refractivity contribution in [1.82, 2.24) is 14.7 Å². The number of carbonyl (C=O) groups is 1. The summed E-state index contributed by atoms with van der Waals surface area (Å²) in [5.74, 6) is 0.811.